The maximum absolute atomic E-state index is 12.7. The molecule has 1 aliphatic carbocycles. The van der Waals surface area contributed by atoms with Crippen molar-refractivity contribution in [1.82, 2.24) is 0 Å². The molecule has 0 aromatic carbocycles. The standard InChI is InChI=1S/C8H8FN/c1-6-2-3-7(5-10)4-8(6)9/h4H,2-3H2,1H3. The van der Waals surface area contributed by atoms with Gasteiger partial charge in [0.05, 0.1) is 6.07 Å². The number of allylic oxidation sites excluding steroid dienone is 4. The molecule has 2 heteroatoms. The summed E-state index contributed by atoms with van der Waals surface area (Å²) in [6.45, 7) is 1.75. The molecule has 0 radical (unpaired) electrons. The largest absolute Gasteiger partial charge is 0.207 e. The van der Waals surface area contributed by atoms with Gasteiger partial charge >= 0.3 is 0 Å². The molecule has 0 spiro atoms. The van der Waals surface area contributed by atoms with E-state index in [4.69, 9.17) is 5.26 Å². The van der Waals surface area contributed by atoms with E-state index in [-0.39, 0.29) is 5.83 Å². The van der Waals surface area contributed by atoms with Crippen LogP contribution in [-0.4, -0.2) is 0 Å². The van der Waals surface area contributed by atoms with Gasteiger partial charge in [0.15, 0.2) is 0 Å². The molecule has 0 N–H and O–H groups in total. The Balaban J connectivity index is 2.89. The Morgan fingerprint density at radius 2 is 2.30 bits per heavy atom. The molecule has 0 bridgehead atoms. The van der Waals surface area contributed by atoms with E-state index in [1.807, 2.05) is 6.07 Å². The minimum atomic E-state index is -0.234. The lowest BCUT2D eigenvalue weighted by molar-refractivity contribution is 0.633. The molecule has 1 nitrogen and oxygen atoms in total. The first-order valence-electron chi connectivity index (χ1n) is 3.20. The molecule has 10 heavy (non-hydrogen) atoms. The van der Waals surface area contributed by atoms with Crippen molar-refractivity contribution in [1.29, 1.82) is 5.26 Å². The Hall–Kier alpha value is -1.10. The topological polar surface area (TPSA) is 23.8 Å². The lowest BCUT2D eigenvalue weighted by Gasteiger charge is -2.06. The molecule has 0 fully saturated rings. The number of halogens is 1. The van der Waals surface area contributed by atoms with E-state index in [2.05, 4.69) is 0 Å². The Kier molecular flexibility index (Phi) is 1.86. The summed E-state index contributed by atoms with van der Waals surface area (Å²) in [7, 11) is 0. The van der Waals surface area contributed by atoms with E-state index in [1.165, 1.54) is 6.08 Å². The highest BCUT2D eigenvalue weighted by atomic mass is 19.1. The fourth-order valence-electron chi connectivity index (χ4n) is 0.878. The van der Waals surface area contributed by atoms with Crippen LogP contribution in [0.4, 0.5) is 4.39 Å². The van der Waals surface area contributed by atoms with Gasteiger partial charge in [-0.05, 0) is 31.4 Å². The normalized spacial score (nSPS) is 18.3. The van der Waals surface area contributed by atoms with Crippen molar-refractivity contribution in [3.05, 3.63) is 23.0 Å². The van der Waals surface area contributed by atoms with Crippen molar-refractivity contribution in [2.75, 3.05) is 0 Å². The highest BCUT2D eigenvalue weighted by Crippen LogP contribution is 2.23. The third-order valence-electron chi connectivity index (χ3n) is 1.62. The van der Waals surface area contributed by atoms with Gasteiger partial charge in [0.2, 0.25) is 0 Å². The van der Waals surface area contributed by atoms with Gasteiger partial charge in [-0.1, -0.05) is 0 Å². The third-order valence-corrected chi connectivity index (χ3v) is 1.62. The van der Waals surface area contributed by atoms with Crippen molar-refractivity contribution in [2.24, 2.45) is 0 Å². The monoisotopic (exact) mass is 137 g/mol. The zero-order valence-corrected chi connectivity index (χ0v) is 5.82. The predicted molar refractivity (Wildman–Crippen MR) is 36.7 cm³/mol. The van der Waals surface area contributed by atoms with E-state index in [0.29, 0.717) is 18.4 Å². The summed E-state index contributed by atoms with van der Waals surface area (Å²) in [5.74, 6) is -0.234. The first-order chi connectivity index (χ1) is 4.74. The van der Waals surface area contributed by atoms with Crippen LogP contribution in [0.5, 0.6) is 0 Å². The minimum Gasteiger partial charge on any atom is -0.207 e. The van der Waals surface area contributed by atoms with Crippen molar-refractivity contribution >= 4 is 0 Å². The Morgan fingerprint density at radius 1 is 1.60 bits per heavy atom. The van der Waals surface area contributed by atoms with E-state index >= 15 is 0 Å². The van der Waals surface area contributed by atoms with E-state index in [1.54, 1.807) is 6.92 Å². The average molecular weight is 137 g/mol. The second-order valence-electron chi connectivity index (χ2n) is 2.41. The van der Waals surface area contributed by atoms with Crippen molar-refractivity contribution in [3.8, 4) is 6.07 Å². The summed E-state index contributed by atoms with van der Waals surface area (Å²) < 4.78 is 12.7. The van der Waals surface area contributed by atoms with Gasteiger partial charge in [0.1, 0.15) is 5.83 Å². The molecule has 0 unspecified atom stereocenters. The van der Waals surface area contributed by atoms with Gasteiger partial charge < -0.3 is 0 Å². The van der Waals surface area contributed by atoms with E-state index in [0.717, 1.165) is 5.57 Å². The summed E-state index contributed by atoms with van der Waals surface area (Å²) in [5.41, 5.74) is 1.29. The smallest absolute Gasteiger partial charge is 0.123 e. The highest BCUT2D eigenvalue weighted by Gasteiger charge is 2.08. The number of nitriles is 1. The third kappa shape index (κ3) is 1.24. The molecule has 0 aliphatic heterocycles. The second kappa shape index (κ2) is 2.66. The van der Waals surface area contributed by atoms with Gasteiger partial charge in [-0.3, -0.25) is 0 Å². The zero-order chi connectivity index (χ0) is 7.56. The predicted octanol–water partition coefficient (Wildman–Crippen LogP) is 2.47. The van der Waals surface area contributed by atoms with Gasteiger partial charge in [0, 0.05) is 5.57 Å². The molecule has 0 amide bonds. The summed E-state index contributed by atoms with van der Waals surface area (Å²) in [6.07, 6.45) is 2.69. The summed E-state index contributed by atoms with van der Waals surface area (Å²) >= 11 is 0. The van der Waals surface area contributed by atoms with Crippen LogP contribution in [0.2, 0.25) is 0 Å². The maximum Gasteiger partial charge on any atom is 0.123 e. The first kappa shape index (κ1) is 7.01. The molecule has 0 heterocycles. The van der Waals surface area contributed by atoms with E-state index in [9.17, 15) is 4.39 Å². The van der Waals surface area contributed by atoms with Crippen LogP contribution in [0, 0.1) is 11.3 Å². The van der Waals surface area contributed by atoms with Gasteiger partial charge in [-0.15, -0.1) is 0 Å². The summed E-state index contributed by atoms with van der Waals surface area (Å²) in [5, 5.41) is 8.39. The van der Waals surface area contributed by atoms with Crippen LogP contribution in [-0.2, 0) is 0 Å². The molecule has 1 rings (SSSR count). The lowest BCUT2D eigenvalue weighted by Crippen LogP contribution is -1.91. The number of hydrogen-bond acceptors (Lipinski definition) is 1. The molecule has 0 aromatic heterocycles. The quantitative estimate of drug-likeness (QED) is 0.503. The Bertz CT molecular complexity index is 242. The first-order valence-corrected chi connectivity index (χ1v) is 3.20. The fraction of sp³-hybridized carbons (Fsp3) is 0.375. The zero-order valence-electron chi connectivity index (χ0n) is 5.82. The summed E-state index contributed by atoms with van der Waals surface area (Å²) in [4.78, 5) is 0. The second-order valence-corrected chi connectivity index (χ2v) is 2.41. The van der Waals surface area contributed by atoms with Gasteiger partial charge in [0.25, 0.3) is 0 Å². The van der Waals surface area contributed by atoms with Gasteiger partial charge in [-0.25, -0.2) is 4.39 Å². The molecule has 0 saturated heterocycles. The summed E-state index contributed by atoms with van der Waals surface area (Å²) in [6, 6.07) is 1.94. The molecule has 1 aliphatic rings. The number of hydrogen-bond donors (Lipinski definition) is 0. The molecule has 0 saturated carbocycles. The molecule has 0 atom stereocenters. The van der Waals surface area contributed by atoms with Crippen LogP contribution in [0.3, 0.4) is 0 Å². The SMILES string of the molecule is CC1=C(F)C=C(C#N)CC1. The lowest BCUT2D eigenvalue weighted by atomic mass is 10.00. The van der Waals surface area contributed by atoms with Crippen LogP contribution < -0.4 is 0 Å². The number of rotatable bonds is 0. The molecule has 52 valence electrons. The number of nitrogens with zero attached hydrogens (tertiary/aromatic N) is 1. The molecular weight excluding hydrogens is 129 g/mol. The van der Waals surface area contributed by atoms with Gasteiger partial charge in [-0.2, -0.15) is 5.26 Å². The maximum atomic E-state index is 12.7. The highest BCUT2D eigenvalue weighted by molar-refractivity contribution is 5.35. The Morgan fingerprint density at radius 3 is 2.80 bits per heavy atom. The fourth-order valence-corrected chi connectivity index (χ4v) is 0.878. The Labute approximate surface area is 59.5 Å². The van der Waals surface area contributed by atoms with Crippen LogP contribution >= 0.6 is 0 Å². The van der Waals surface area contributed by atoms with Crippen molar-refractivity contribution in [3.63, 3.8) is 0 Å². The molecular formula is C8H8FN. The van der Waals surface area contributed by atoms with Crippen LogP contribution in [0.1, 0.15) is 19.8 Å². The minimum absolute atomic E-state index is 0.234. The van der Waals surface area contributed by atoms with Crippen LogP contribution in [0.25, 0.3) is 0 Å². The van der Waals surface area contributed by atoms with Crippen molar-refractivity contribution < 1.29 is 4.39 Å². The van der Waals surface area contributed by atoms with Crippen molar-refractivity contribution in [2.45, 2.75) is 19.8 Å². The average Bonchev–Trinajstić information content (AvgIpc) is 1.95. The molecule has 0 aromatic rings. The van der Waals surface area contributed by atoms with Crippen LogP contribution in [0.15, 0.2) is 23.0 Å². The van der Waals surface area contributed by atoms with E-state index < -0.39 is 0 Å².